The second-order valence-electron chi connectivity index (χ2n) is 4.67. The number of halogens is 1. The maximum absolute atomic E-state index is 12.1. The smallest absolute Gasteiger partial charge is 0.325 e. The first-order valence-corrected chi connectivity index (χ1v) is 7.29. The minimum atomic E-state index is -0.516. The van der Waals surface area contributed by atoms with E-state index in [-0.39, 0.29) is 6.54 Å². The maximum atomic E-state index is 12.1. The molecule has 1 N–H and O–H groups in total. The molecule has 0 atom stereocenters. The second kappa shape index (κ2) is 8.19. The SMILES string of the molecule is COC(=O)CNC(=O)c1ccccc1OCc1ccc(Cl)cc1. The predicted molar refractivity (Wildman–Crippen MR) is 86.6 cm³/mol. The van der Waals surface area contributed by atoms with Gasteiger partial charge in [-0.05, 0) is 29.8 Å². The van der Waals surface area contributed by atoms with Gasteiger partial charge in [0.1, 0.15) is 18.9 Å². The standard InChI is InChI=1S/C17H16ClNO4/c1-22-16(20)10-19-17(21)14-4-2-3-5-15(14)23-11-12-6-8-13(18)9-7-12/h2-9H,10-11H2,1H3,(H,19,21). The molecule has 2 aromatic rings. The Balaban J connectivity index is 2.03. The first-order chi connectivity index (χ1) is 11.1. The minimum Gasteiger partial charge on any atom is -0.488 e. The number of esters is 1. The Kier molecular flexibility index (Phi) is 6.00. The molecule has 120 valence electrons. The summed E-state index contributed by atoms with van der Waals surface area (Å²) in [5.74, 6) is -0.482. The lowest BCUT2D eigenvalue weighted by molar-refractivity contribution is -0.139. The fourth-order valence-electron chi connectivity index (χ4n) is 1.84. The average molecular weight is 334 g/mol. The molecule has 0 bridgehead atoms. The molecule has 23 heavy (non-hydrogen) atoms. The third-order valence-electron chi connectivity index (χ3n) is 3.06. The molecule has 0 saturated heterocycles. The molecule has 2 rings (SSSR count). The van der Waals surface area contributed by atoms with E-state index in [4.69, 9.17) is 16.3 Å². The van der Waals surface area contributed by atoms with E-state index in [9.17, 15) is 9.59 Å². The Morgan fingerprint density at radius 1 is 1.09 bits per heavy atom. The van der Waals surface area contributed by atoms with Gasteiger partial charge < -0.3 is 14.8 Å². The summed E-state index contributed by atoms with van der Waals surface area (Å²) in [6.45, 7) is 0.110. The van der Waals surface area contributed by atoms with Crippen molar-refractivity contribution in [1.82, 2.24) is 5.32 Å². The number of para-hydroxylation sites is 1. The molecule has 0 spiro atoms. The van der Waals surface area contributed by atoms with Crippen molar-refractivity contribution in [3.8, 4) is 5.75 Å². The lowest BCUT2D eigenvalue weighted by atomic mass is 10.2. The summed E-state index contributed by atoms with van der Waals surface area (Å²) >= 11 is 5.84. The number of benzene rings is 2. The molecule has 0 radical (unpaired) electrons. The fraction of sp³-hybridized carbons (Fsp3) is 0.176. The molecule has 0 heterocycles. The zero-order valence-corrected chi connectivity index (χ0v) is 13.3. The van der Waals surface area contributed by atoms with Crippen molar-refractivity contribution < 1.29 is 19.1 Å². The highest BCUT2D eigenvalue weighted by atomic mass is 35.5. The van der Waals surface area contributed by atoms with Crippen molar-refractivity contribution in [2.24, 2.45) is 0 Å². The summed E-state index contributed by atoms with van der Waals surface area (Å²) in [6, 6.07) is 14.1. The Labute approximate surface area is 139 Å². The zero-order valence-electron chi connectivity index (χ0n) is 12.5. The van der Waals surface area contributed by atoms with E-state index in [1.54, 1.807) is 36.4 Å². The van der Waals surface area contributed by atoms with Crippen molar-refractivity contribution in [1.29, 1.82) is 0 Å². The van der Waals surface area contributed by atoms with Crippen molar-refractivity contribution in [2.45, 2.75) is 6.61 Å². The van der Waals surface area contributed by atoms with Crippen LogP contribution >= 0.6 is 11.6 Å². The van der Waals surface area contributed by atoms with Crippen molar-refractivity contribution in [3.05, 3.63) is 64.7 Å². The van der Waals surface area contributed by atoms with E-state index < -0.39 is 11.9 Å². The van der Waals surface area contributed by atoms with Crippen LogP contribution in [0.25, 0.3) is 0 Å². The van der Waals surface area contributed by atoms with Gasteiger partial charge in [-0.15, -0.1) is 0 Å². The third-order valence-corrected chi connectivity index (χ3v) is 3.31. The van der Waals surface area contributed by atoms with Crippen LogP contribution in [0.4, 0.5) is 0 Å². The highest BCUT2D eigenvalue weighted by Gasteiger charge is 2.13. The van der Waals surface area contributed by atoms with Gasteiger partial charge in [-0.2, -0.15) is 0 Å². The van der Waals surface area contributed by atoms with Gasteiger partial charge in [0.2, 0.25) is 0 Å². The number of hydrogen-bond donors (Lipinski definition) is 1. The van der Waals surface area contributed by atoms with Crippen LogP contribution in [0.3, 0.4) is 0 Å². The average Bonchev–Trinajstić information content (AvgIpc) is 2.59. The van der Waals surface area contributed by atoms with Crippen molar-refractivity contribution in [2.75, 3.05) is 13.7 Å². The largest absolute Gasteiger partial charge is 0.488 e. The molecule has 0 aliphatic heterocycles. The molecule has 5 nitrogen and oxygen atoms in total. The molecule has 0 aliphatic carbocycles. The lowest BCUT2D eigenvalue weighted by Gasteiger charge is -2.11. The molecular weight excluding hydrogens is 318 g/mol. The van der Waals surface area contributed by atoms with Crippen molar-refractivity contribution in [3.63, 3.8) is 0 Å². The highest BCUT2D eigenvalue weighted by Crippen LogP contribution is 2.20. The summed E-state index contributed by atoms with van der Waals surface area (Å²) in [4.78, 5) is 23.2. The molecule has 0 unspecified atom stereocenters. The Morgan fingerprint density at radius 3 is 2.48 bits per heavy atom. The van der Waals surface area contributed by atoms with Crippen LogP contribution in [-0.2, 0) is 16.1 Å². The number of methoxy groups -OCH3 is 1. The van der Waals surface area contributed by atoms with Crippen LogP contribution in [0.5, 0.6) is 5.75 Å². The third kappa shape index (κ3) is 5.00. The van der Waals surface area contributed by atoms with E-state index >= 15 is 0 Å². The molecule has 0 fully saturated rings. The Hall–Kier alpha value is -2.53. The molecule has 2 aromatic carbocycles. The summed E-state index contributed by atoms with van der Waals surface area (Å²) in [6.07, 6.45) is 0. The van der Waals surface area contributed by atoms with Crippen LogP contribution in [0.2, 0.25) is 5.02 Å². The number of ether oxygens (including phenoxy) is 2. The number of nitrogens with one attached hydrogen (secondary N) is 1. The number of carbonyl (C=O) groups excluding carboxylic acids is 2. The molecule has 6 heteroatoms. The van der Waals surface area contributed by atoms with Gasteiger partial charge in [0.15, 0.2) is 0 Å². The van der Waals surface area contributed by atoms with E-state index in [1.807, 2.05) is 12.1 Å². The molecule has 1 amide bonds. The van der Waals surface area contributed by atoms with Crippen LogP contribution in [0.15, 0.2) is 48.5 Å². The van der Waals surface area contributed by atoms with Crippen LogP contribution in [-0.4, -0.2) is 25.5 Å². The van der Waals surface area contributed by atoms with Gasteiger partial charge in [0, 0.05) is 5.02 Å². The lowest BCUT2D eigenvalue weighted by Crippen LogP contribution is -2.30. The first-order valence-electron chi connectivity index (χ1n) is 6.91. The van der Waals surface area contributed by atoms with E-state index in [2.05, 4.69) is 10.1 Å². The fourth-order valence-corrected chi connectivity index (χ4v) is 1.97. The van der Waals surface area contributed by atoms with Crippen molar-refractivity contribution >= 4 is 23.5 Å². The van der Waals surface area contributed by atoms with Crippen LogP contribution < -0.4 is 10.1 Å². The molecule has 0 saturated carbocycles. The normalized spacial score (nSPS) is 10.0. The second-order valence-corrected chi connectivity index (χ2v) is 5.11. The number of carbonyl (C=O) groups is 2. The molecule has 0 aliphatic rings. The Morgan fingerprint density at radius 2 is 1.78 bits per heavy atom. The van der Waals surface area contributed by atoms with Gasteiger partial charge in [-0.25, -0.2) is 0 Å². The summed E-state index contributed by atoms with van der Waals surface area (Å²) < 4.78 is 10.2. The maximum Gasteiger partial charge on any atom is 0.325 e. The van der Waals surface area contributed by atoms with E-state index in [0.29, 0.717) is 22.9 Å². The number of rotatable bonds is 6. The zero-order chi connectivity index (χ0) is 16.7. The highest BCUT2D eigenvalue weighted by molar-refractivity contribution is 6.30. The summed E-state index contributed by atoms with van der Waals surface area (Å²) in [5, 5.41) is 3.13. The quantitative estimate of drug-likeness (QED) is 0.826. The van der Waals surface area contributed by atoms with Crippen LogP contribution in [0, 0.1) is 0 Å². The number of hydrogen-bond acceptors (Lipinski definition) is 4. The summed E-state index contributed by atoms with van der Waals surface area (Å²) in [5.41, 5.74) is 1.28. The van der Waals surface area contributed by atoms with Crippen LogP contribution in [0.1, 0.15) is 15.9 Å². The topological polar surface area (TPSA) is 64.6 Å². The predicted octanol–water partition coefficient (Wildman–Crippen LogP) is 2.82. The van der Waals surface area contributed by atoms with Gasteiger partial charge in [0.05, 0.1) is 12.7 Å². The molecular formula is C17H16ClNO4. The van der Waals surface area contributed by atoms with Gasteiger partial charge >= 0.3 is 5.97 Å². The van der Waals surface area contributed by atoms with Gasteiger partial charge in [0.25, 0.3) is 5.91 Å². The molecule has 0 aromatic heterocycles. The first kappa shape index (κ1) is 16.8. The number of amides is 1. The summed E-state index contributed by atoms with van der Waals surface area (Å²) in [7, 11) is 1.26. The minimum absolute atomic E-state index is 0.194. The van der Waals surface area contributed by atoms with Gasteiger partial charge in [-0.3, -0.25) is 9.59 Å². The van der Waals surface area contributed by atoms with E-state index in [0.717, 1.165) is 5.56 Å². The van der Waals surface area contributed by atoms with E-state index in [1.165, 1.54) is 7.11 Å². The van der Waals surface area contributed by atoms with Gasteiger partial charge in [-0.1, -0.05) is 35.9 Å². The Bertz CT molecular complexity index is 685. The monoisotopic (exact) mass is 333 g/mol.